The van der Waals surface area contributed by atoms with Crippen LogP contribution in [0.15, 0.2) is 18.2 Å². The number of benzene rings is 1. The molecule has 2 rings (SSSR count). The first-order valence-corrected chi connectivity index (χ1v) is 5.77. The highest BCUT2D eigenvalue weighted by Gasteiger charge is 2.32. The summed E-state index contributed by atoms with van der Waals surface area (Å²) in [5, 5.41) is 9.12. The van der Waals surface area contributed by atoms with Crippen molar-refractivity contribution in [2.24, 2.45) is 5.73 Å². The van der Waals surface area contributed by atoms with Crippen molar-refractivity contribution in [2.45, 2.75) is 31.2 Å². The van der Waals surface area contributed by atoms with Crippen LogP contribution in [0.4, 0.5) is 0 Å². The minimum atomic E-state index is -0.378. The van der Waals surface area contributed by atoms with Gasteiger partial charge in [0.2, 0.25) is 0 Å². The van der Waals surface area contributed by atoms with Crippen LogP contribution in [0.5, 0.6) is 5.75 Å². The van der Waals surface area contributed by atoms with Crippen molar-refractivity contribution in [3.8, 4) is 5.75 Å². The SMILES string of the molecule is COc1ccc2c(c1)C(N)(CCO)CCC2. The molecule has 0 fully saturated rings. The number of nitrogens with two attached hydrogens (primary N) is 1. The third-order valence-corrected chi connectivity index (χ3v) is 3.48. The number of hydrogen-bond donors (Lipinski definition) is 2. The zero-order valence-electron chi connectivity index (χ0n) is 9.70. The zero-order chi connectivity index (χ0) is 11.6. The lowest BCUT2D eigenvalue weighted by Gasteiger charge is -2.35. The molecule has 3 nitrogen and oxygen atoms in total. The minimum absolute atomic E-state index is 0.132. The fourth-order valence-electron chi connectivity index (χ4n) is 2.55. The second-order valence-corrected chi connectivity index (χ2v) is 4.51. The Morgan fingerprint density at radius 3 is 3.00 bits per heavy atom. The molecule has 88 valence electrons. The maximum atomic E-state index is 9.12. The van der Waals surface area contributed by atoms with Crippen LogP contribution >= 0.6 is 0 Å². The number of hydrogen-bond acceptors (Lipinski definition) is 3. The quantitative estimate of drug-likeness (QED) is 0.814. The lowest BCUT2D eigenvalue weighted by atomic mass is 9.75. The topological polar surface area (TPSA) is 55.5 Å². The summed E-state index contributed by atoms with van der Waals surface area (Å²) >= 11 is 0. The molecular formula is C13H19NO2. The van der Waals surface area contributed by atoms with Crippen molar-refractivity contribution < 1.29 is 9.84 Å². The number of rotatable bonds is 3. The number of methoxy groups -OCH3 is 1. The maximum absolute atomic E-state index is 9.12. The van der Waals surface area contributed by atoms with Gasteiger partial charge >= 0.3 is 0 Å². The van der Waals surface area contributed by atoms with Crippen molar-refractivity contribution in [2.75, 3.05) is 13.7 Å². The number of aliphatic hydroxyl groups excluding tert-OH is 1. The Bertz CT molecular complexity index is 378. The second-order valence-electron chi connectivity index (χ2n) is 4.51. The maximum Gasteiger partial charge on any atom is 0.119 e. The molecule has 0 radical (unpaired) electrons. The highest BCUT2D eigenvalue weighted by Crippen LogP contribution is 2.37. The molecule has 1 aromatic carbocycles. The molecule has 0 amide bonds. The van der Waals surface area contributed by atoms with Crippen molar-refractivity contribution in [1.82, 2.24) is 0 Å². The van der Waals surface area contributed by atoms with Crippen molar-refractivity contribution in [3.63, 3.8) is 0 Å². The lowest BCUT2D eigenvalue weighted by molar-refractivity contribution is 0.223. The van der Waals surface area contributed by atoms with E-state index in [1.54, 1.807) is 7.11 Å². The molecule has 0 heterocycles. The Hall–Kier alpha value is -1.06. The van der Waals surface area contributed by atoms with Gasteiger partial charge in [-0.25, -0.2) is 0 Å². The van der Waals surface area contributed by atoms with E-state index < -0.39 is 0 Å². The van der Waals surface area contributed by atoms with Crippen molar-refractivity contribution in [1.29, 1.82) is 0 Å². The summed E-state index contributed by atoms with van der Waals surface area (Å²) in [6.07, 6.45) is 3.72. The zero-order valence-corrected chi connectivity index (χ0v) is 9.70. The van der Waals surface area contributed by atoms with E-state index in [0.29, 0.717) is 6.42 Å². The van der Waals surface area contributed by atoms with Gasteiger partial charge in [0.25, 0.3) is 0 Å². The summed E-state index contributed by atoms with van der Waals surface area (Å²) in [7, 11) is 1.66. The van der Waals surface area contributed by atoms with Gasteiger partial charge in [0.1, 0.15) is 5.75 Å². The van der Waals surface area contributed by atoms with Gasteiger partial charge in [-0.05, 0) is 48.9 Å². The fourth-order valence-corrected chi connectivity index (χ4v) is 2.55. The molecule has 1 aromatic rings. The third-order valence-electron chi connectivity index (χ3n) is 3.48. The molecule has 0 aliphatic heterocycles. The Balaban J connectivity index is 2.42. The molecular weight excluding hydrogens is 202 g/mol. The second kappa shape index (κ2) is 4.44. The number of ether oxygens (including phenoxy) is 1. The summed E-state index contributed by atoms with van der Waals surface area (Å²) in [5.74, 6) is 0.841. The van der Waals surface area contributed by atoms with Gasteiger partial charge in [-0.1, -0.05) is 6.07 Å². The summed E-state index contributed by atoms with van der Waals surface area (Å²) in [6.45, 7) is 0.132. The molecule has 0 saturated carbocycles. The molecule has 0 spiro atoms. The summed E-state index contributed by atoms with van der Waals surface area (Å²) in [5.41, 5.74) is 8.45. The predicted octanol–water partition coefficient (Wildman–Crippen LogP) is 1.57. The smallest absolute Gasteiger partial charge is 0.119 e. The van der Waals surface area contributed by atoms with E-state index in [1.165, 1.54) is 5.56 Å². The van der Waals surface area contributed by atoms with Crippen LogP contribution in [0, 0.1) is 0 Å². The molecule has 0 saturated heterocycles. The van der Waals surface area contributed by atoms with Gasteiger partial charge in [0.05, 0.1) is 7.11 Å². The Kier molecular flexibility index (Phi) is 3.17. The van der Waals surface area contributed by atoms with Crippen LogP contribution in [0.2, 0.25) is 0 Å². The average molecular weight is 221 g/mol. The van der Waals surface area contributed by atoms with Crippen LogP contribution in [0.1, 0.15) is 30.4 Å². The summed E-state index contributed by atoms with van der Waals surface area (Å²) in [6, 6.07) is 6.08. The van der Waals surface area contributed by atoms with E-state index in [0.717, 1.165) is 30.6 Å². The van der Waals surface area contributed by atoms with Crippen molar-refractivity contribution in [3.05, 3.63) is 29.3 Å². The van der Waals surface area contributed by atoms with Crippen LogP contribution in [-0.4, -0.2) is 18.8 Å². The first-order chi connectivity index (χ1) is 7.69. The van der Waals surface area contributed by atoms with Crippen molar-refractivity contribution >= 4 is 0 Å². The summed E-state index contributed by atoms with van der Waals surface area (Å²) < 4.78 is 5.23. The highest BCUT2D eigenvalue weighted by atomic mass is 16.5. The first-order valence-electron chi connectivity index (χ1n) is 5.77. The first kappa shape index (κ1) is 11.4. The molecule has 0 aromatic heterocycles. The van der Waals surface area contributed by atoms with E-state index in [4.69, 9.17) is 15.6 Å². The Morgan fingerprint density at radius 2 is 2.31 bits per heavy atom. The van der Waals surface area contributed by atoms with Gasteiger partial charge in [-0.15, -0.1) is 0 Å². The average Bonchev–Trinajstić information content (AvgIpc) is 2.29. The van der Waals surface area contributed by atoms with Gasteiger partial charge < -0.3 is 15.6 Å². The Labute approximate surface area is 96.2 Å². The largest absolute Gasteiger partial charge is 0.497 e. The number of fused-ring (bicyclic) bond motifs is 1. The van der Waals surface area contributed by atoms with E-state index in [9.17, 15) is 0 Å². The van der Waals surface area contributed by atoms with E-state index >= 15 is 0 Å². The summed E-state index contributed by atoms with van der Waals surface area (Å²) in [4.78, 5) is 0. The monoisotopic (exact) mass is 221 g/mol. The lowest BCUT2D eigenvalue weighted by Crippen LogP contribution is -2.40. The Morgan fingerprint density at radius 1 is 1.50 bits per heavy atom. The van der Waals surface area contributed by atoms with Crippen LogP contribution in [0.25, 0.3) is 0 Å². The van der Waals surface area contributed by atoms with E-state index in [1.807, 2.05) is 12.1 Å². The van der Waals surface area contributed by atoms with E-state index in [2.05, 4.69) is 6.07 Å². The van der Waals surface area contributed by atoms with E-state index in [-0.39, 0.29) is 12.1 Å². The fraction of sp³-hybridized carbons (Fsp3) is 0.538. The molecule has 16 heavy (non-hydrogen) atoms. The van der Waals surface area contributed by atoms with Crippen LogP contribution < -0.4 is 10.5 Å². The van der Waals surface area contributed by atoms with Gasteiger partial charge in [0.15, 0.2) is 0 Å². The molecule has 1 unspecified atom stereocenters. The van der Waals surface area contributed by atoms with Crippen LogP contribution in [0.3, 0.4) is 0 Å². The standard InChI is InChI=1S/C13H19NO2/c1-16-11-5-4-10-3-2-6-13(14,7-8-15)12(10)9-11/h4-5,9,15H,2-3,6-8,14H2,1H3. The van der Waals surface area contributed by atoms with Gasteiger partial charge in [-0.2, -0.15) is 0 Å². The number of aryl methyl sites for hydroxylation is 1. The third kappa shape index (κ3) is 1.93. The minimum Gasteiger partial charge on any atom is -0.497 e. The normalized spacial score (nSPS) is 23.9. The predicted molar refractivity (Wildman–Crippen MR) is 63.5 cm³/mol. The molecule has 3 N–H and O–H groups in total. The van der Waals surface area contributed by atoms with Gasteiger partial charge in [-0.3, -0.25) is 0 Å². The number of aliphatic hydroxyl groups is 1. The highest BCUT2D eigenvalue weighted by molar-refractivity contribution is 5.41. The van der Waals surface area contributed by atoms with Gasteiger partial charge in [0, 0.05) is 12.1 Å². The molecule has 1 atom stereocenters. The molecule has 3 heteroatoms. The molecule has 1 aliphatic carbocycles. The molecule has 1 aliphatic rings. The van der Waals surface area contributed by atoms with Crippen LogP contribution in [-0.2, 0) is 12.0 Å². The molecule has 0 bridgehead atoms.